The molecule has 0 aromatic rings. The summed E-state index contributed by atoms with van der Waals surface area (Å²) in [5.74, 6) is 1.49. The lowest BCUT2D eigenvalue weighted by molar-refractivity contribution is 0.124. The molecule has 0 bridgehead atoms. The van der Waals surface area contributed by atoms with Crippen molar-refractivity contribution in [2.75, 3.05) is 13.6 Å². The van der Waals surface area contributed by atoms with Gasteiger partial charge in [-0.25, -0.2) is 0 Å². The molecule has 1 N–H and O–H groups in total. The van der Waals surface area contributed by atoms with E-state index < -0.39 is 0 Å². The number of likely N-dealkylation sites (tertiary alicyclic amines) is 1. The molecular weight excluding hydrogens is 210 g/mol. The largest absolute Gasteiger partial charge is 0.508 e. The monoisotopic (exact) mass is 235 g/mol. The van der Waals surface area contributed by atoms with E-state index in [2.05, 4.69) is 44.9 Å². The summed E-state index contributed by atoms with van der Waals surface area (Å²) in [6.45, 7) is 8.12. The fourth-order valence-electron chi connectivity index (χ4n) is 3.54. The van der Waals surface area contributed by atoms with E-state index in [1.54, 1.807) is 0 Å². The SMILES string of the molecule is CC[C@H]1C=CC(O)=CC1[C@@]1(C)CCN(C)C1C. The molecular formula is C15H25NO. The van der Waals surface area contributed by atoms with Crippen molar-refractivity contribution in [3.63, 3.8) is 0 Å². The van der Waals surface area contributed by atoms with Crippen LogP contribution in [0.5, 0.6) is 0 Å². The van der Waals surface area contributed by atoms with E-state index in [-0.39, 0.29) is 5.41 Å². The Morgan fingerprint density at radius 3 is 2.76 bits per heavy atom. The molecule has 1 aliphatic carbocycles. The summed E-state index contributed by atoms with van der Waals surface area (Å²) in [6.07, 6.45) is 8.51. The van der Waals surface area contributed by atoms with Crippen LogP contribution in [0.1, 0.15) is 33.6 Å². The lowest BCUT2D eigenvalue weighted by Gasteiger charge is -2.41. The van der Waals surface area contributed by atoms with Gasteiger partial charge in [0.15, 0.2) is 0 Å². The number of allylic oxidation sites excluding steroid dienone is 3. The Balaban J connectivity index is 2.29. The Hall–Kier alpha value is -0.760. The van der Waals surface area contributed by atoms with Gasteiger partial charge in [-0.1, -0.05) is 19.9 Å². The van der Waals surface area contributed by atoms with Crippen LogP contribution in [0, 0.1) is 17.3 Å². The molecule has 0 aromatic carbocycles. The minimum atomic E-state index is 0.286. The summed E-state index contributed by atoms with van der Waals surface area (Å²) < 4.78 is 0. The van der Waals surface area contributed by atoms with E-state index in [9.17, 15) is 5.11 Å². The maximum atomic E-state index is 9.78. The van der Waals surface area contributed by atoms with Crippen LogP contribution in [0.2, 0.25) is 0 Å². The van der Waals surface area contributed by atoms with E-state index in [1.807, 2.05) is 6.08 Å². The van der Waals surface area contributed by atoms with Crippen molar-refractivity contribution in [1.82, 2.24) is 4.90 Å². The first-order valence-corrected chi connectivity index (χ1v) is 6.78. The van der Waals surface area contributed by atoms with E-state index in [1.165, 1.54) is 13.0 Å². The van der Waals surface area contributed by atoms with Gasteiger partial charge in [0.05, 0.1) is 0 Å². The molecule has 0 saturated carbocycles. The summed E-state index contributed by atoms with van der Waals surface area (Å²) in [7, 11) is 2.21. The second-order valence-electron chi connectivity index (χ2n) is 5.96. The highest BCUT2D eigenvalue weighted by atomic mass is 16.3. The second kappa shape index (κ2) is 4.49. The van der Waals surface area contributed by atoms with E-state index in [0.29, 0.717) is 23.6 Å². The molecule has 1 heterocycles. The van der Waals surface area contributed by atoms with Crippen LogP contribution < -0.4 is 0 Å². The van der Waals surface area contributed by atoms with Crippen LogP contribution in [-0.2, 0) is 0 Å². The molecule has 2 heteroatoms. The summed E-state index contributed by atoms with van der Waals surface area (Å²) in [6, 6.07) is 0.581. The maximum Gasteiger partial charge on any atom is 0.111 e. The van der Waals surface area contributed by atoms with Crippen molar-refractivity contribution >= 4 is 0 Å². The van der Waals surface area contributed by atoms with Crippen LogP contribution in [0.4, 0.5) is 0 Å². The molecule has 96 valence electrons. The predicted octanol–water partition coefficient (Wildman–Crippen LogP) is 3.37. The van der Waals surface area contributed by atoms with Crippen molar-refractivity contribution in [2.45, 2.75) is 39.7 Å². The Labute approximate surface area is 105 Å². The average Bonchev–Trinajstić information content (AvgIpc) is 2.58. The van der Waals surface area contributed by atoms with Crippen LogP contribution in [0.25, 0.3) is 0 Å². The Bertz CT molecular complexity index is 347. The molecule has 2 unspecified atom stereocenters. The fourth-order valence-corrected chi connectivity index (χ4v) is 3.54. The average molecular weight is 235 g/mol. The molecule has 0 radical (unpaired) electrons. The smallest absolute Gasteiger partial charge is 0.111 e. The van der Waals surface area contributed by atoms with Gasteiger partial charge in [0, 0.05) is 6.04 Å². The standard InChI is InChI=1S/C15H25NO/c1-5-12-6-7-13(17)10-14(12)15(3)8-9-16(4)11(15)2/h6-7,10-12,14,17H,5,8-9H2,1-4H3/t11?,12-,14?,15-/m0/s1. The number of hydrogen-bond acceptors (Lipinski definition) is 2. The third-order valence-corrected chi connectivity index (χ3v) is 5.18. The van der Waals surface area contributed by atoms with Gasteiger partial charge in [0.1, 0.15) is 5.76 Å². The lowest BCUT2D eigenvalue weighted by Crippen LogP contribution is -2.41. The maximum absolute atomic E-state index is 9.78. The highest BCUT2D eigenvalue weighted by molar-refractivity contribution is 5.23. The lowest BCUT2D eigenvalue weighted by atomic mass is 9.64. The predicted molar refractivity (Wildman–Crippen MR) is 71.9 cm³/mol. The third kappa shape index (κ3) is 2.03. The number of aliphatic hydroxyl groups excluding tert-OH is 1. The Morgan fingerprint density at radius 1 is 1.53 bits per heavy atom. The molecule has 2 nitrogen and oxygen atoms in total. The normalized spacial score (nSPS) is 42.8. The van der Waals surface area contributed by atoms with Gasteiger partial charge < -0.3 is 10.0 Å². The first-order valence-electron chi connectivity index (χ1n) is 6.78. The van der Waals surface area contributed by atoms with Crippen molar-refractivity contribution < 1.29 is 5.11 Å². The first-order chi connectivity index (χ1) is 7.99. The summed E-state index contributed by atoms with van der Waals surface area (Å²) in [5, 5.41) is 9.78. The number of nitrogens with zero attached hydrogens (tertiary/aromatic N) is 1. The zero-order valence-corrected chi connectivity index (χ0v) is 11.5. The van der Waals surface area contributed by atoms with E-state index >= 15 is 0 Å². The Morgan fingerprint density at radius 2 is 2.24 bits per heavy atom. The van der Waals surface area contributed by atoms with E-state index in [4.69, 9.17) is 0 Å². The number of aliphatic hydroxyl groups is 1. The molecule has 17 heavy (non-hydrogen) atoms. The molecule has 4 atom stereocenters. The highest BCUT2D eigenvalue weighted by Gasteiger charge is 2.46. The van der Waals surface area contributed by atoms with E-state index in [0.717, 1.165) is 6.42 Å². The summed E-state index contributed by atoms with van der Waals surface area (Å²) in [5.41, 5.74) is 0.286. The first kappa shape index (κ1) is 12.7. The molecule has 2 rings (SSSR count). The summed E-state index contributed by atoms with van der Waals surface area (Å²) in [4.78, 5) is 2.44. The van der Waals surface area contributed by atoms with Gasteiger partial charge >= 0.3 is 0 Å². The van der Waals surface area contributed by atoms with Gasteiger partial charge in [-0.3, -0.25) is 0 Å². The molecule has 1 fully saturated rings. The number of rotatable bonds is 2. The Kier molecular flexibility index (Phi) is 3.35. The van der Waals surface area contributed by atoms with Gasteiger partial charge in [0.2, 0.25) is 0 Å². The minimum absolute atomic E-state index is 0.286. The topological polar surface area (TPSA) is 23.5 Å². The van der Waals surface area contributed by atoms with Crippen molar-refractivity contribution in [3.05, 3.63) is 24.0 Å². The molecule has 1 aliphatic heterocycles. The van der Waals surface area contributed by atoms with Crippen LogP contribution in [-0.4, -0.2) is 29.6 Å². The highest BCUT2D eigenvalue weighted by Crippen LogP contribution is 2.48. The van der Waals surface area contributed by atoms with Gasteiger partial charge in [-0.2, -0.15) is 0 Å². The molecule has 1 saturated heterocycles. The molecule has 2 aliphatic rings. The quantitative estimate of drug-likeness (QED) is 0.793. The molecule has 0 amide bonds. The van der Waals surface area contributed by atoms with Crippen LogP contribution >= 0.6 is 0 Å². The zero-order chi connectivity index (χ0) is 12.6. The summed E-state index contributed by atoms with van der Waals surface area (Å²) >= 11 is 0. The van der Waals surface area contributed by atoms with Gasteiger partial charge in [-0.05, 0) is 62.8 Å². The second-order valence-corrected chi connectivity index (χ2v) is 5.96. The van der Waals surface area contributed by atoms with Crippen LogP contribution in [0.15, 0.2) is 24.0 Å². The molecule has 0 spiro atoms. The van der Waals surface area contributed by atoms with Crippen molar-refractivity contribution in [2.24, 2.45) is 17.3 Å². The molecule has 0 aromatic heterocycles. The van der Waals surface area contributed by atoms with Crippen molar-refractivity contribution in [1.29, 1.82) is 0 Å². The minimum Gasteiger partial charge on any atom is -0.508 e. The number of hydrogen-bond donors (Lipinski definition) is 1. The fraction of sp³-hybridized carbons (Fsp3) is 0.733. The zero-order valence-electron chi connectivity index (χ0n) is 11.5. The van der Waals surface area contributed by atoms with Gasteiger partial charge in [-0.15, -0.1) is 0 Å². The third-order valence-electron chi connectivity index (χ3n) is 5.18. The van der Waals surface area contributed by atoms with Gasteiger partial charge in [0.25, 0.3) is 0 Å². The van der Waals surface area contributed by atoms with Crippen molar-refractivity contribution in [3.8, 4) is 0 Å². The van der Waals surface area contributed by atoms with Crippen LogP contribution in [0.3, 0.4) is 0 Å².